The van der Waals surface area contributed by atoms with Crippen molar-refractivity contribution >= 4 is 22.4 Å². The van der Waals surface area contributed by atoms with Crippen molar-refractivity contribution in [3.8, 4) is 0 Å². The van der Waals surface area contributed by atoms with Crippen LogP contribution in [0, 0.1) is 17.6 Å². The first kappa shape index (κ1) is 23.0. The Kier molecular flexibility index (Phi) is 7.64. The lowest BCUT2D eigenvalue weighted by molar-refractivity contribution is 0.0609. The van der Waals surface area contributed by atoms with E-state index in [1.807, 2.05) is 0 Å². The summed E-state index contributed by atoms with van der Waals surface area (Å²) in [4.78, 5) is 25.9. The van der Waals surface area contributed by atoms with Crippen molar-refractivity contribution in [2.24, 2.45) is 5.92 Å². The van der Waals surface area contributed by atoms with Crippen LogP contribution < -0.4 is 10.2 Å². The molecule has 4 heterocycles. The Morgan fingerprint density at radius 1 is 1.22 bits per heavy atom. The number of thiazole rings is 1. The van der Waals surface area contributed by atoms with Gasteiger partial charge in [0.1, 0.15) is 16.5 Å². The molecule has 2 aromatic heterocycles. The van der Waals surface area contributed by atoms with E-state index < -0.39 is 11.6 Å². The quantitative estimate of drug-likeness (QED) is 0.678. The van der Waals surface area contributed by atoms with Gasteiger partial charge in [-0.15, -0.1) is 0 Å². The minimum atomic E-state index is -0.777. The Morgan fingerprint density at radius 2 is 2.03 bits per heavy atom. The highest BCUT2D eigenvalue weighted by atomic mass is 32.1. The zero-order valence-corrected chi connectivity index (χ0v) is 19.0. The van der Waals surface area contributed by atoms with Gasteiger partial charge in [-0.05, 0) is 38.1 Å². The highest BCUT2D eigenvalue weighted by molar-refractivity contribution is 7.17. The molecule has 1 atom stereocenters. The summed E-state index contributed by atoms with van der Waals surface area (Å²) >= 11 is 1.33. The van der Waals surface area contributed by atoms with Gasteiger partial charge in [-0.3, -0.25) is 14.7 Å². The van der Waals surface area contributed by atoms with Crippen LogP contribution in [0.1, 0.15) is 41.0 Å². The summed E-state index contributed by atoms with van der Waals surface area (Å²) < 4.78 is 32.0. The summed E-state index contributed by atoms with van der Waals surface area (Å²) in [5.41, 5.74) is -0.00277. The first-order valence-electron chi connectivity index (χ1n) is 11.1. The average molecular weight is 466 g/mol. The number of piperidine rings is 2. The number of ether oxygens (including phenoxy) is 1. The molecule has 1 amide bonds. The SMILES string of the molecule is COC[C@H]1CCCN(C2CCN(c3ncc(C(=O)NCc4ncc(F)cc4F)s3)CC2)C1. The molecule has 0 bridgehead atoms. The van der Waals surface area contributed by atoms with E-state index in [-0.39, 0.29) is 18.1 Å². The molecule has 2 aliphatic heterocycles. The minimum absolute atomic E-state index is 0.00277. The van der Waals surface area contributed by atoms with E-state index in [4.69, 9.17) is 4.74 Å². The maximum atomic E-state index is 13.7. The Morgan fingerprint density at radius 3 is 2.78 bits per heavy atom. The normalized spacial score (nSPS) is 20.5. The van der Waals surface area contributed by atoms with Crippen LogP contribution >= 0.6 is 11.3 Å². The molecular formula is C22H29F2N5O2S. The number of likely N-dealkylation sites (tertiary alicyclic amines) is 1. The van der Waals surface area contributed by atoms with Crippen molar-refractivity contribution in [2.75, 3.05) is 44.8 Å². The largest absolute Gasteiger partial charge is 0.384 e. The molecule has 0 aliphatic carbocycles. The number of nitrogens with one attached hydrogen (secondary N) is 1. The van der Waals surface area contributed by atoms with Gasteiger partial charge in [-0.2, -0.15) is 0 Å². The maximum Gasteiger partial charge on any atom is 0.263 e. The van der Waals surface area contributed by atoms with Gasteiger partial charge in [0.05, 0.1) is 31.2 Å². The highest BCUT2D eigenvalue weighted by Crippen LogP contribution is 2.29. The number of rotatable bonds is 7. The average Bonchev–Trinajstić information content (AvgIpc) is 3.29. The summed E-state index contributed by atoms with van der Waals surface area (Å²) in [6.45, 7) is 4.83. The minimum Gasteiger partial charge on any atom is -0.384 e. The molecule has 2 saturated heterocycles. The number of hydrogen-bond acceptors (Lipinski definition) is 7. The molecule has 174 valence electrons. The van der Waals surface area contributed by atoms with Crippen LogP contribution in [0.4, 0.5) is 13.9 Å². The van der Waals surface area contributed by atoms with E-state index in [9.17, 15) is 13.6 Å². The van der Waals surface area contributed by atoms with Gasteiger partial charge in [0.15, 0.2) is 5.13 Å². The van der Waals surface area contributed by atoms with Crippen LogP contribution in [0.5, 0.6) is 0 Å². The zero-order chi connectivity index (χ0) is 22.5. The van der Waals surface area contributed by atoms with E-state index in [2.05, 4.69) is 25.1 Å². The third kappa shape index (κ3) is 5.60. The number of aromatic nitrogens is 2. The zero-order valence-electron chi connectivity index (χ0n) is 18.2. The van der Waals surface area contributed by atoms with Crippen molar-refractivity contribution in [3.05, 3.63) is 40.7 Å². The number of hydrogen-bond donors (Lipinski definition) is 1. The number of nitrogens with zero attached hydrogens (tertiary/aromatic N) is 4. The fourth-order valence-electron chi connectivity index (χ4n) is 4.56. The molecule has 0 aromatic carbocycles. The lowest BCUT2D eigenvalue weighted by Crippen LogP contribution is -2.49. The fourth-order valence-corrected chi connectivity index (χ4v) is 5.45. The van der Waals surface area contributed by atoms with E-state index in [1.54, 1.807) is 13.3 Å². The summed E-state index contributed by atoms with van der Waals surface area (Å²) in [5, 5.41) is 3.46. The van der Waals surface area contributed by atoms with Gasteiger partial charge in [0.25, 0.3) is 5.91 Å². The topological polar surface area (TPSA) is 70.6 Å². The second-order valence-corrected chi connectivity index (χ2v) is 9.46. The molecule has 4 rings (SSSR count). The lowest BCUT2D eigenvalue weighted by Gasteiger charge is -2.42. The molecule has 0 radical (unpaired) electrons. The molecule has 0 saturated carbocycles. The van der Waals surface area contributed by atoms with Gasteiger partial charge < -0.3 is 15.0 Å². The summed E-state index contributed by atoms with van der Waals surface area (Å²) in [6.07, 6.45) is 7.12. The number of pyridine rings is 1. The molecule has 10 heteroatoms. The Bertz CT molecular complexity index is 917. The molecule has 7 nitrogen and oxygen atoms in total. The first-order chi connectivity index (χ1) is 15.5. The number of anilines is 1. The van der Waals surface area contributed by atoms with Gasteiger partial charge in [0.2, 0.25) is 0 Å². The van der Waals surface area contributed by atoms with E-state index in [1.165, 1.54) is 24.2 Å². The molecule has 32 heavy (non-hydrogen) atoms. The fraction of sp³-hybridized carbons (Fsp3) is 0.591. The van der Waals surface area contributed by atoms with Crippen molar-refractivity contribution in [1.29, 1.82) is 0 Å². The Labute approximate surface area is 190 Å². The highest BCUT2D eigenvalue weighted by Gasteiger charge is 2.29. The number of carbonyl (C=O) groups is 1. The molecule has 2 aliphatic rings. The summed E-state index contributed by atoms with van der Waals surface area (Å²) in [5.74, 6) is -1.24. The molecule has 1 N–H and O–H groups in total. The van der Waals surface area contributed by atoms with Crippen LogP contribution in [0.2, 0.25) is 0 Å². The second-order valence-electron chi connectivity index (χ2n) is 8.45. The Balaban J connectivity index is 1.27. The van der Waals surface area contributed by atoms with Gasteiger partial charge in [-0.1, -0.05) is 11.3 Å². The molecule has 2 aromatic rings. The van der Waals surface area contributed by atoms with Crippen molar-refractivity contribution < 1.29 is 18.3 Å². The molecule has 0 spiro atoms. The van der Waals surface area contributed by atoms with Gasteiger partial charge in [0, 0.05) is 38.9 Å². The third-order valence-corrected chi connectivity index (χ3v) is 7.28. The van der Waals surface area contributed by atoms with E-state index in [0.29, 0.717) is 16.8 Å². The molecule has 0 unspecified atom stereocenters. The second kappa shape index (κ2) is 10.6. The van der Waals surface area contributed by atoms with Gasteiger partial charge in [-0.25, -0.2) is 13.8 Å². The number of carbonyl (C=O) groups excluding carboxylic acids is 1. The Hall–Kier alpha value is -2.17. The number of halogens is 2. The van der Waals surface area contributed by atoms with E-state index in [0.717, 1.165) is 63.0 Å². The lowest BCUT2D eigenvalue weighted by atomic mass is 9.94. The monoisotopic (exact) mass is 465 g/mol. The summed E-state index contributed by atoms with van der Waals surface area (Å²) in [7, 11) is 1.78. The third-order valence-electron chi connectivity index (χ3n) is 6.22. The molecular weight excluding hydrogens is 436 g/mol. The van der Waals surface area contributed by atoms with E-state index >= 15 is 0 Å². The summed E-state index contributed by atoms with van der Waals surface area (Å²) in [6, 6.07) is 1.34. The van der Waals surface area contributed by atoms with Crippen molar-refractivity contribution in [1.82, 2.24) is 20.2 Å². The standard InChI is InChI=1S/C22H29F2N5O2S/c1-31-14-15-3-2-6-29(13-15)17-4-7-28(8-5-17)22-27-12-20(32-22)21(30)26-11-19-18(24)9-16(23)10-25-19/h9-10,12,15,17H,2-8,11,13-14H2,1H3,(H,26,30)/t15-/m0/s1. The van der Waals surface area contributed by atoms with Crippen LogP contribution in [-0.2, 0) is 11.3 Å². The van der Waals surface area contributed by atoms with Crippen LogP contribution in [0.15, 0.2) is 18.5 Å². The first-order valence-corrected chi connectivity index (χ1v) is 11.9. The van der Waals surface area contributed by atoms with Crippen LogP contribution in [0.3, 0.4) is 0 Å². The molecule has 2 fully saturated rings. The smallest absolute Gasteiger partial charge is 0.263 e. The number of methoxy groups -OCH3 is 1. The predicted octanol–water partition coefficient (Wildman–Crippen LogP) is 3.07. The van der Waals surface area contributed by atoms with Crippen molar-refractivity contribution in [3.63, 3.8) is 0 Å². The van der Waals surface area contributed by atoms with Crippen LogP contribution in [0.25, 0.3) is 0 Å². The van der Waals surface area contributed by atoms with Crippen LogP contribution in [-0.4, -0.2) is 66.7 Å². The van der Waals surface area contributed by atoms with Gasteiger partial charge >= 0.3 is 0 Å². The number of amides is 1. The van der Waals surface area contributed by atoms with Crippen molar-refractivity contribution in [2.45, 2.75) is 38.3 Å². The maximum absolute atomic E-state index is 13.7. The predicted molar refractivity (Wildman–Crippen MR) is 119 cm³/mol.